The molecule has 1 atom stereocenters. The maximum absolute atomic E-state index is 12.3. The molecule has 1 aromatic heterocycles. The van der Waals surface area contributed by atoms with Crippen LogP contribution in [0.2, 0.25) is 0 Å². The van der Waals surface area contributed by atoms with Crippen LogP contribution < -0.4 is 0 Å². The second-order valence-electron chi connectivity index (χ2n) is 5.07. The number of hydrogen-bond acceptors (Lipinski definition) is 6. The van der Waals surface area contributed by atoms with E-state index in [0.29, 0.717) is 0 Å². The van der Waals surface area contributed by atoms with E-state index in [4.69, 9.17) is 5.11 Å². The van der Waals surface area contributed by atoms with Gasteiger partial charge in [0.2, 0.25) is 10.0 Å². The fourth-order valence-corrected chi connectivity index (χ4v) is 3.46. The first kappa shape index (κ1) is 16.3. The quantitative estimate of drug-likeness (QED) is 0.777. The highest BCUT2D eigenvalue weighted by Gasteiger charge is 2.32. The van der Waals surface area contributed by atoms with Gasteiger partial charge in [-0.05, 0) is 6.92 Å². The van der Waals surface area contributed by atoms with Crippen molar-refractivity contribution in [3.63, 3.8) is 0 Å². The number of hydrogen-bond donors (Lipinski definition) is 1. The predicted octanol–water partition coefficient (Wildman–Crippen LogP) is -0.719. The minimum atomic E-state index is -3.30. The molecule has 1 aliphatic rings. The molecular formula is C12H16N4O5S. The highest BCUT2D eigenvalue weighted by Crippen LogP contribution is 2.15. The van der Waals surface area contributed by atoms with Gasteiger partial charge >= 0.3 is 5.97 Å². The summed E-state index contributed by atoms with van der Waals surface area (Å²) in [6.07, 6.45) is 3.27. The minimum Gasteiger partial charge on any atom is -0.476 e. The summed E-state index contributed by atoms with van der Waals surface area (Å²) in [4.78, 5) is 31.9. The number of aromatic nitrogens is 2. The third-order valence-electron chi connectivity index (χ3n) is 3.37. The van der Waals surface area contributed by atoms with Gasteiger partial charge in [-0.15, -0.1) is 0 Å². The van der Waals surface area contributed by atoms with E-state index in [2.05, 4.69) is 9.97 Å². The van der Waals surface area contributed by atoms with Crippen LogP contribution >= 0.6 is 0 Å². The first-order valence-electron chi connectivity index (χ1n) is 6.51. The van der Waals surface area contributed by atoms with E-state index in [1.54, 1.807) is 6.92 Å². The molecule has 0 unspecified atom stereocenters. The van der Waals surface area contributed by atoms with Crippen LogP contribution in [0.15, 0.2) is 12.4 Å². The number of carbonyl (C=O) groups excluding carboxylic acids is 1. The normalized spacial score (nSPS) is 19.9. The largest absolute Gasteiger partial charge is 0.476 e. The monoisotopic (exact) mass is 328 g/mol. The van der Waals surface area contributed by atoms with Crippen molar-refractivity contribution in [2.75, 3.05) is 25.9 Å². The number of piperazine rings is 1. The van der Waals surface area contributed by atoms with E-state index in [-0.39, 0.29) is 37.1 Å². The van der Waals surface area contributed by atoms with Crippen molar-refractivity contribution in [3.05, 3.63) is 23.8 Å². The van der Waals surface area contributed by atoms with Gasteiger partial charge in [-0.3, -0.25) is 4.79 Å². The topological polar surface area (TPSA) is 121 Å². The number of nitrogens with zero attached hydrogens (tertiary/aromatic N) is 4. The molecule has 0 bridgehead atoms. The van der Waals surface area contributed by atoms with Crippen LogP contribution in [0.4, 0.5) is 0 Å². The fourth-order valence-electron chi connectivity index (χ4n) is 2.33. The summed E-state index contributed by atoms with van der Waals surface area (Å²) >= 11 is 0. The Bertz CT molecular complexity index is 688. The van der Waals surface area contributed by atoms with E-state index >= 15 is 0 Å². The van der Waals surface area contributed by atoms with Gasteiger partial charge in [-0.1, -0.05) is 0 Å². The second-order valence-corrected chi connectivity index (χ2v) is 7.00. The highest BCUT2D eigenvalue weighted by atomic mass is 32.2. The molecule has 120 valence electrons. The Kier molecular flexibility index (Phi) is 4.42. The highest BCUT2D eigenvalue weighted by molar-refractivity contribution is 7.88. The molecule has 0 radical (unpaired) electrons. The van der Waals surface area contributed by atoms with Crippen LogP contribution in [-0.2, 0) is 10.0 Å². The van der Waals surface area contributed by atoms with Crippen molar-refractivity contribution in [2.24, 2.45) is 0 Å². The van der Waals surface area contributed by atoms with Gasteiger partial charge in [0.15, 0.2) is 5.69 Å². The molecule has 22 heavy (non-hydrogen) atoms. The average molecular weight is 328 g/mol. The number of sulfonamides is 1. The van der Waals surface area contributed by atoms with E-state index in [0.717, 1.165) is 18.6 Å². The van der Waals surface area contributed by atoms with Crippen LogP contribution in [0.3, 0.4) is 0 Å². The zero-order valence-corrected chi connectivity index (χ0v) is 12.9. The fraction of sp³-hybridized carbons (Fsp3) is 0.500. The lowest BCUT2D eigenvalue weighted by molar-refractivity contribution is 0.0632. The summed E-state index contributed by atoms with van der Waals surface area (Å²) in [5, 5.41) is 8.74. The molecule has 1 fully saturated rings. The summed E-state index contributed by atoms with van der Waals surface area (Å²) in [6.45, 7) is 2.43. The molecule has 0 spiro atoms. The number of rotatable bonds is 3. The Hall–Kier alpha value is -2.07. The molecule has 1 aliphatic heterocycles. The number of aromatic carboxylic acids is 1. The lowest BCUT2D eigenvalue weighted by Crippen LogP contribution is -2.55. The van der Waals surface area contributed by atoms with Crippen molar-refractivity contribution < 1.29 is 23.1 Å². The molecule has 2 heterocycles. The van der Waals surface area contributed by atoms with Crippen molar-refractivity contribution >= 4 is 21.9 Å². The summed E-state index contributed by atoms with van der Waals surface area (Å²) < 4.78 is 24.5. The molecule has 1 amide bonds. The molecule has 0 saturated carbocycles. The van der Waals surface area contributed by atoms with Gasteiger partial charge in [0, 0.05) is 25.7 Å². The van der Waals surface area contributed by atoms with Crippen LogP contribution in [-0.4, -0.2) is 76.5 Å². The number of carboxylic acid groups (broad SMARTS) is 1. The molecule has 2 rings (SSSR count). The van der Waals surface area contributed by atoms with Gasteiger partial charge in [0.05, 0.1) is 18.6 Å². The van der Waals surface area contributed by atoms with E-state index in [1.807, 2.05) is 0 Å². The molecular weight excluding hydrogens is 312 g/mol. The zero-order chi connectivity index (χ0) is 16.5. The Morgan fingerprint density at radius 1 is 1.23 bits per heavy atom. The van der Waals surface area contributed by atoms with Crippen LogP contribution in [0, 0.1) is 0 Å². The summed E-state index contributed by atoms with van der Waals surface area (Å²) in [5.41, 5.74) is -0.211. The average Bonchev–Trinajstić information content (AvgIpc) is 2.45. The maximum Gasteiger partial charge on any atom is 0.356 e. The lowest BCUT2D eigenvalue weighted by atomic mass is 10.2. The van der Waals surface area contributed by atoms with E-state index in [9.17, 15) is 18.0 Å². The minimum absolute atomic E-state index is 0.0324. The van der Waals surface area contributed by atoms with Crippen LogP contribution in [0.1, 0.15) is 27.9 Å². The molecule has 10 heteroatoms. The number of amides is 1. The number of carboxylic acids is 1. The summed E-state index contributed by atoms with van der Waals surface area (Å²) in [6, 6.07) is -0.334. The van der Waals surface area contributed by atoms with Gasteiger partial charge in [0.25, 0.3) is 5.91 Å². The Morgan fingerprint density at radius 3 is 2.27 bits per heavy atom. The summed E-state index contributed by atoms with van der Waals surface area (Å²) in [5.74, 6) is -1.62. The molecule has 0 aliphatic carbocycles. The first-order chi connectivity index (χ1) is 10.2. The molecule has 1 aromatic rings. The Labute approximate surface area is 127 Å². The van der Waals surface area contributed by atoms with Crippen LogP contribution in [0.5, 0.6) is 0 Å². The second kappa shape index (κ2) is 5.97. The van der Waals surface area contributed by atoms with Gasteiger partial charge in [-0.25, -0.2) is 23.2 Å². The predicted molar refractivity (Wildman–Crippen MR) is 75.9 cm³/mol. The summed E-state index contributed by atoms with van der Waals surface area (Å²) in [7, 11) is -3.30. The Morgan fingerprint density at radius 2 is 1.82 bits per heavy atom. The third-order valence-corrected chi connectivity index (χ3v) is 4.76. The van der Waals surface area contributed by atoms with Crippen molar-refractivity contribution in [3.8, 4) is 0 Å². The molecule has 0 aromatic carbocycles. The van der Waals surface area contributed by atoms with Crippen molar-refractivity contribution in [1.29, 1.82) is 0 Å². The standard InChI is InChI=1S/C12H16N4O5S/c1-8-7-15(3-4-16(8)22(2,20)21)11(17)9-5-14-10(6-13-9)12(18)19/h5-6,8H,3-4,7H2,1-2H3,(H,18,19)/t8-/m0/s1. The van der Waals surface area contributed by atoms with E-state index < -0.39 is 21.9 Å². The molecule has 1 saturated heterocycles. The third kappa shape index (κ3) is 3.39. The molecule has 1 N–H and O–H groups in total. The maximum atomic E-state index is 12.3. The van der Waals surface area contributed by atoms with Gasteiger partial charge in [-0.2, -0.15) is 4.31 Å². The zero-order valence-electron chi connectivity index (χ0n) is 12.1. The molecule has 9 nitrogen and oxygen atoms in total. The Balaban J connectivity index is 2.10. The van der Waals surface area contributed by atoms with Crippen molar-refractivity contribution in [2.45, 2.75) is 13.0 Å². The first-order valence-corrected chi connectivity index (χ1v) is 8.36. The van der Waals surface area contributed by atoms with E-state index in [1.165, 1.54) is 9.21 Å². The number of carbonyl (C=O) groups is 2. The smallest absolute Gasteiger partial charge is 0.356 e. The lowest BCUT2D eigenvalue weighted by Gasteiger charge is -2.38. The van der Waals surface area contributed by atoms with Gasteiger partial charge < -0.3 is 10.0 Å². The van der Waals surface area contributed by atoms with Gasteiger partial charge in [0.1, 0.15) is 5.69 Å². The van der Waals surface area contributed by atoms with Crippen molar-refractivity contribution in [1.82, 2.24) is 19.2 Å². The SMILES string of the molecule is C[C@H]1CN(C(=O)c2cnc(C(=O)O)cn2)CCN1S(C)(=O)=O. The van der Waals surface area contributed by atoms with Crippen LogP contribution in [0.25, 0.3) is 0 Å².